The Balaban J connectivity index is 2.21. The number of hydrogen-bond acceptors (Lipinski definition) is 0. The Morgan fingerprint density at radius 3 is 1.00 bits per heavy atom. The Morgan fingerprint density at radius 2 is 0.765 bits per heavy atom. The average molecular weight is 333 g/mol. The first-order valence-electron chi connectivity index (χ1n) is 5.39. The molecule has 0 saturated carbocycles. The summed E-state index contributed by atoms with van der Waals surface area (Å²) in [5.74, 6) is 0. The van der Waals surface area contributed by atoms with E-state index in [1.54, 1.807) is 0 Å². The van der Waals surface area contributed by atoms with E-state index in [4.69, 9.17) is 0 Å². The fraction of sp³-hybridized carbons (Fsp3) is 0. The molecule has 0 atom stereocenters. The molecule has 3 aromatic rings. The van der Waals surface area contributed by atoms with E-state index in [2.05, 4.69) is 104 Å². The second-order valence-corrected chi connectivity index (χ2v) is 9.69. The fourth-order valence-corrected chi connectivity index (χ4v) is 6.57. The third kappa shape index (κ3) is 1.72. The summed E-state index contributed by atoms with van der Waals surface area (Å²) in [6.45, 7) is 0. The molecule has 17 heavy (non-hydrogen) atoms. The molecule has 0 N–H and O–H groups in total. The van der Waals surface area contributed by atoms with Crippen molar-refractivity contribution >= 4 is 6.05 Å². The topological polar surface area (TPSA) is 14.8 Å². The normalized spacial score (nSPS) is 12.8. The molecule has 0 aliphatic rings. The van der Waals surface area contributed by atoms with E-state index >= 15 is 0 Å². The van der Waals surface area contributed by atoms with Crippen LogP contribution in [0.2, 0.25) is 0 Å². The van der Waals surface area contributed by atoms with Crippen molar-refractivity contribution in [1.82, 2.24) is 13.0 Å². The minimum absolute atomic E-state index is 2.06. The molecule has 0 fully saturated rings. The first-order valence-corrected chi connectivity index (χ1v) is 9.52. The Morgan fingerprint density at radius 1 is 0.529 bits per heavy atom. The van der Waals surface area contributed by atoms with Crippen molar-refractivity contribution in [1.29, 1.82) is 0 Å². The van der Waals surface area contributed by atoms with Gasteiger partial charge >= 0.3 is 110 Å². The van der Waals surface area contributed by atoms with Gasteiger partial charge < -0.3 is 0 Å². The van der Waals surface area contributed by atoms with Crippen molar-refractivity contribution in [2.75, 3.05) is 0 Å². The molecule has 90 valence electrons. The maximum atomic E-state index is 3.29. The van der Waals surface area contributed by atoms with Crippen molar-refractivity contribution in [2.24, 2.45) is 0 Å². The van der Waals surface area contributed by atoms with E-state index in [0.29, 0.717) is 0 Å². The van der Waals surface area contributed by atoms with Crippen LogP contribution in [0, 0.1) is 0 Å². The summed E-state index contributed by atoms with van der Waals surface area (Å²) in [5, 5.41) is 0. The molecule has 0 saturated heterocycles. The van der Waals surface area contributed by atoms with Crippen LogP contribution in [0.4, 0.5) is 0 Å². The standard InChI is InChI=1S/C12H12N3P.Rh/c1-2-8-13(7-1)16(14-9-3-4-10-14)15-11-5-6-12-15;/h1-12H;/q;-1/p+1. The van der Waals surface area contributed by atoms with Gasteiger partial charge in [0.15, 0.2) is 0 Å². The number of aromatic nitrogens is 3. The third-order valence-electron chi connectivity index (χ3n) is 2.76. The van der Waals surface area contributed by atoms with Gasteiger partial charge in [0, 0.05) is 0 Å². The number of rotatable bonds is 3. The summed E-state index contributed by atoms with van der Waals surface area (Å²) < 4.78 is 6.83. The summed E-state index contributed by atoms with van der Waals surface area (Å²) in [5.41, 5.74) is 0. The van der Waals surface area contributed by atoms with Gasteiger partial charge in [-0.15, -0.1) is 0 Å². The summed E-state index contributed by atoms with van der Waals surface area (Å²) in [4.78, 5) is 0. The van der Waals surface area contributed by atoms with Gasteiger partial charge in [-0.1, -0.05) is 0 Å². The summed E-state index contributed by atoms with van der Waals surface area (Å²) in [7, 11) is 0. The SMILES string of the molecule is [Rh][PH](n1cccc1)(n1cccc1)n1cccc1. The molecule has 0 aromatic carbocycles. The van der Waals surface area contributed by atoms with Gasteiger partial charge in [0.05, 0.1) is 0 Å². The predicted octanol–water partition coefficient (Wildman–Crippen LogP) is 2.99. The monoisotopic (exact) mass is 333 g/mol. The molecule has 3 heterocycles. The van der Waals surface area contributed by atoms with Gasteiger partial charge in [-0.2, -0.15) is 0 Å². The van der Waals surface area contributed by atoms with Crippen molar-refractivity contribution < 1.29 is 17.8 Å². The molecule has 0 radical (unpaired) electrons. The molecular weight excluding hydrogens is 320 g/mol. The van der Waals surface area contributed by atoms with Crippen molar-refractivity contribution in [2.45, 2.75) is 0 Å². The first kappa shape index (κ1) is 11.0. The van der Waals surface area contributed by atoms with Crippen LogP contribution in [0.3, 0.4) is 0 Å². The van der Waals surface area contributed by atoms with E-state index in [1.165, 1.54) is 0 Å². The second-order valence-electron chi connectivity index (χ2n) is 3.79. The van der Waals surface area contributed by atoms with E-state index in [1.807, 2.05) is 0 Å². The van der Waals surface area contributed by atoms with Gasteiger partial charge in [-0.25, -0.2) is 0 Å². The molecule has 0 spiro atoms. The average Bonchev–Trinajstić information content (AvgIpc) is 3.10. The molecule has 3 nitrogen and oxygen atoms in total. The Bertz CT molecular complexity index is 485. The predicted molar refractivity (Wildman–Crippen MR) is 67.8 cm³/mol. The maximum absolute atomic E-state index is 3.29. The fourth-order valence-electron chi connectivity index (χ4n) is 1.95. The number of nitrogens with zero attached hydrogens (tertiary/aromatic N) is 3. The zero-order valence-corrected chi connectivity index (χ0v) is 11.7. The van der Waals surface area contributed by atoms with Crippen molar-refractivity contribution in [3.8, 4) is 0 Å². The van der Waals surface area contributed by atoms with Gasteiger partial charge in [0.25, 0.3) is 0 Å². The zero-order chi connectivity index (χ0) is 11.7. The van der Waals surface area contributed by atoms with Gasteiger partial charge in [-0.05, 0) is 0 Å². The van der Waals surface area contributed by atoms with Crippen LogP contribution in [0.5, 0.6) is 0 Å². The van der Waals surface area contributed by atoms with Crippen LogP contribution in [-0.2, 0) is 17.8 Å². The van der Waals surface area contributed by atoms with Gasteiger partial charge in [-0.3, -0.25) is 0 Å². The van der Waals surface area contributed by atoms with E-state index < -0.39 is 6.05 Å². The van der Waals surface area contributed by atoms with E-state index in [-0.39, 0.29) is 0 Å². The second kappa shape index (κ2) is 4.29. The number of hydrogen-bond donors (Lipinski definition) is 0. The molecule has 0 aliphatic heterocycles. The summed E-state index contributed by atoms with van der Waals surface area (Å²) >= 11 is 3.29. The minimum atomic E-state index is -2.08. The van der Waals surface area contributed by atoms with Crippen LogP contribution < -0.4 is 0 Å². The molecule has 0 bridgehead atoms. The molecule has 0 unspecified atom stereocenters. The molecule has 0 amide bonds. The molecular formula is C12H13N3PRh. The van der Waals surface area contributed by atoms with E-state index in [9.17, 15) is 0 Å². The zero-order valence-electron chi connectivity index (χ0n) is 9.10. The molecule has 5 heteroatoms. The molecule has 3 rings (SSSR count). The third-order valence-corrected chi connectivity index (χ3v) is 9.37. The Hall–Kier alpha value is -1.11. The van der Waals surface area contributed by atoms with Crippen molar-refractivity contribution in [3.05, 3.63) is 73.6 Å². The quantitative estimate of drug-likeness (QED) is 0.517. The van der Waals surface area contributed by atoms with Crippen LogP contribution in [0.15, 0.2) is 73.6 Å². The van der Waals surface area contributed by atoms with Crippen molar-refractivity contribution in [3.63, 3.8) is 0 Å². The molecule has 0 aliphatic carbocycles. The first-order chi connectivity index (χ1) is 8.32. The van der Waals surface area contributed by atoms with Crippen LogP contribution in [-0.4, -0.2) is 13.0 Å². The summed E-state index contributed by atoms with van der Waals surface area (Å²) in [6.07, 6.45) is 12.7. The Kier molecular flexibility index (Phi) is 2.78. The van der Waals surface area contributed by atoms with Crippen LogP contribution in [0.1, 0.15) is 0 Å². The van der Waals surface area contributed by atoms with Gasteiger partial charge in [0.2, 0.25) is 0 Å². The van der Waals surface area contributed by atoms with Crippen LogP contribution in [0.25, 0.3) is 0 Å². The molecule has 3 aromatic heterocycles. The van der Waals surface area contributed by atoms with E-state index in [0.717, 1.165) is 0 Å². The summed E-state index contributed by atoms with van der Waals surface area (Å²) in [6, 6.07) is 10.3. The van der Waals surface area contributed by atoms with Gasteiger partial charge in [0.1, 0.15) is 0 Å². The Labute approximate surface area is 110 Å². The van der Waals surface area contributed by atoms with Crippen LogP contribution >= 0.6 is 6.05 Å².